The summed E-state index contributed by atoms with van der Waals surface area (Å²) < 4.78 is 10.6. The van der Waals surface area contributed by atoms with E-state index in [0.717, 1.165) is 16.7 Å². The molecule has 1 N–H and O–H groups in total. The predicted octanol–water partition coefficient (Wildman–Crippen LogP) is 5.39. The molecule has 0 radical (unpaired) electrons. The maximum atomic E-state index is 13.2. The maximum Gasteiger partial charge on any atom is 0.255 e. The summed E-state index contributed by atoms with van der Waals surface area (Å²) in [7, 11) is 3.12. The van der Waals surface area contributed by atoms with Crippen LogP contribution < -0.4 is 14.8 Å². The van der Waals surface area contributed by atoms with E-state index in [1.54, 1.807) is 24.1 Å². The van der Waals surface area contributed by atoms with Crippen LogP contribution in [0.2, 0.25) is 5.02 Å². The van der Waals surface area contributed by atoms with E-state index in [0.29, 0.717) is 34.3 Å². The molecule has 4 rings (SSSR count). The van der Waals surface area contributed by atoms with Gasteiger partial charge in [0.05, 0.1) is 32.4 Å². The number of fused-ring (bicyclic) bond motifs is 1. The summed E-state index contributed by atoms with van der Waals surface area (Å²) in [5.74, 6) is 0.864. The Balaban J connectivity index is 1.62. The molecule has 3 aromatic rings. The second-order valence-corrected chi connectivity index (χ2v) is 8.34. The number of carbonyl (C=O) groups excluding carboxylic acids is 2. The normalized spacial score (nSPS) is 13.5. The van der Waals surface area contributed by atoms with Crippen LogP contribution >= 0.6 is 11.6 Å². The van der Waals surface area contributed by atoms with Crippen molar-refractivity contribution in [2.45, 2.75) is 25.9 Å². The summed E-state index contributed by atoms with van der Waals surface area (Å²) in [6.07, 6.45) is 0.0802. The van der Waals surface area contributed by atoms with Crippen molar-refractivity contribution in [3.63, 3.8) is 0 Å². The van der Waals surface area contributed by atoms with Gasteiger partial charge in [-0.15, -0.1) is 0 Å². The average molecular weight is 465 g/mol. The van der Waals surface area contributed by atoms with Gasteiger partial charge >= 0.3 is 0 Å². The maximum absolute atomic E-state index is 13.2. The predicted molar refractivity (Wildman–Crippen MR) is 128 cm³/mol. The molecule has 0 aromatic heterocycles. The van der Waals surface area contributed by atoms with E-state index >= 15 is 0 Å². The summed E-state index contributed by atoms with van der Waals surface area (Å²) in [6.45, 7) is 2.31. The summed E-state index contributed by atoms with van der Waals surface area (Å²) in [5, 5.41) is 3.48. The molecule has 0 saturated carbocycles. The summed E-state index contributed by atoms with van der Waals surface area (Å²) in [6, 6.07) is 18.0. The smallest absolute Gasteiger partial charge is 0.255 e. The number of rotatable bonds is 7. The monoisotopic (exact) mass is 464 g/mol. The van der Waals surface area contributed by atoms with Crippen LogP contribution in [0.1, 0.15) is 39.5 Å². The van der Waals surface area contributed by atoms with Crippen molar-refractivity contribution in [2.75, 3.05) is 19.5 Å². The molecule has 2 amide bonds. The number of aryl methyl sites for hydroxylation is 1. The Bertz CT molecular complexity index is 1190. The lowest BCUT2D eigenvalue weighted by Gasteiger charge is -2.28. The molecule has 0 bridgehead atoms. The standard InChI is InChI=1S/C26H25ClN2O4/c1-16-12-22(24(33-3)13-21(16)27)28-25(30)14-23(17-8-10-19(32-2)11-9-17)29-15-18-6-4-5-7-20(18)26(29)31/h4-13,23H,14-15H2,1-3H3,(H,28,30). The number of nitrogens with one attached hydrogen (secondary N) is 1. The molecular weight excluding hydrogens is 440 g/mol. The van der Waals surface area contributed by atoms with Crippen molar-refractivity contribution in [2.24, 2.45) is 0 Å². The average Bonchev–Trinajstić information content (AvgIpc) is 3.16. The van der Waals surface area contributed by atoms with Crippen LogP contribution in [0.4, 0.5) is 5.69 Å². The first-order valence-corrected chi connectivity index (χ1v) is 11.0. The summed E-state index contributed by atoms with van der Waals surface area (Å²) in [4.78, 5) is 28.1. The molecule has 1 aliphatic rings. The topological polar surface area (TPSA) is 67.9 Å². The van der Waals surface area contributed by atoms with Crippen molar-refractivity contribution in [3.05, 3.63) is 87.9 Å². The summed E-state index contributed by atoms with van der Waals surface area (Å²) in [5.41, 5.74) is 3.84. The number of ether oxygens (including phenoxy) is 2. The van der Waals surface area contributed by atoms with Crippen LogP contribution in [-0.2, 0) is 11.3 Å². The molecule has 3 aromatic carbocycles. The molecule has 170 valence electrons. The highest BCUT2D eigenvalue weighted by atomic mass is 35.5. The number of amides is 2. The number of hydrogen-bond donors (Lipinski definition) is 1. The molecule has 1 atom stereocenters. The van der Waals surface area contributed by atoms with Gasteiger partial charge in [0, 0.05) is 23.2 Å². The van der Waals surface area contributed by atoms with Crippen LogP contribution in [0.25, 0.3) is 0 Å². The zero-order valence-electron chi connectivity index (χ0n) is 18.7. The molecule has 1 heterocycles. The van der Waals surface area contributed by atoms with E-state index in [-0.39, 0.29) is 18.2 Å². The van der Waals surface area contributed by atoms with E-state index < -0.39 is 6.04 Å². The largest absolute Gasteiger partial charge is 0.497 e. The van der Waals surface area contributed by atoms with E-state index in [1.807, 2.05) is 55.5 Å². The van der Waals surface area contributed by atoms with Gasteiger partial charge < -0.3 is 19.7 Å². The number of anilines is 1. The Morgan fingerprint density at radius 2 is 1.82 bits per heavy atom. The highest BCUT2D eigenvalue weighted by molar-refractivity contribution is 6.31. The Kier molecular flexibility index (Phi) is 6.56. The molecule has 1 unspecified atom stereocenters. The lowest BCUT2D eigenvalue weighted by molar-refractivity contribution is -0.117. The second kappa shape index (κ2) is 9.55. The second-order valence-electron chi connectivity index (χ2n) is 7.93. The van der Waals surface area contributed by atoms with Crippen molar-refractivity contribution in [1.82, 2.24) is 4.90 Å². The van der Waals surface area contributed by atoms with E-state index in [2.05, 4.69) is 5.32 Å². The highest BCUT2D eigenvalue weighted by Gasteiger charge is 2.34. The highest BCUT2D eigenvalue weighted by Crippen LogP contribution is 2.35. The van der Waals surface area contributed by atoms with Gasteiger partial charge in [0.25, 0.3) is 5.91 Å². The number of hydrogen-bond acceptors (Lipinski definition) is 4. The minimum Gasteiger partial charge on any atom is -0.497 e. The van der Waals surface area contributed by atoms with Gasteiger partial charge in [-0.1, -0.05) is 41.9 Å². The number of carbonyl (C=O) groups is 2. The van der Waals surface area contributed by atoms with Crippen LogP contribution in [0.5, 0.6) is 11.5 Å². The third-order valence-corrected chi connectivity index (χ3v) is 6.27. The van der Waals surface area contributed by atoms with Gasteiger partial charge in [-0.2, -0.15) is 0 Å². The first-order chi connectivity index (χ1) is 15.9. The Morgan fingerprint density at radius 1 is 1.09 bits per heavy atom. The van der Waals surface area contributed by atoms with Gasteiger partial charge in [-0.3, -0.25) is 9.59 Å². The van der Waals surface area contributed by atoms with Crippen molar-refractivity contribution >= 4 is 29.1 Å². The Morgan fingerprint density at radius 3 is 2.48 bits per heavy atom. The van der Waals surface area contributed by atoms with Gasteiger partial charge in [-0.05, 0) is 47.9 Å². The zero-order chi connectivity index (χ0) is 23.5. The van der Waals surface area contributed by atoms with Crippen LogP contribution in [0.15, 0.2) is 60.7 Å². The molecule has 0 spiro atoms. The van der Waals surface area contributed by atoms with E-state index in [4.69, 9.17) is 21.1 Å². The van der Waals surface area contributed by atoms with Crippen molar-refractivity contribution < 1.29 is 19.1 Å². The summed E-state index contributed by atoms with van der Waals surface area (Å²) >= 11 is 6.19. The minimum atomic E-state index is -0.449. The van der Waals surface area contributed by atoms with Crippen LogP contribution in [-0.4, -0.2) is 30.9 Å². The zero-order valence-corrected chi connectivity index (χ0v) is 19.5. The van der Waals surface area contributed by atoms with Crippen molar-refractivity contribution in [3.8, 4) is 11.5 Å². The number of nitrogens with zero attached hydrogens (tertiary/aromatic N) is 1. The Labute approximate surface area is 198 Å². The fourth-order valence-corrected chi connectivity index (χ4v) is 4.22. The Hall–Kier alpha value is -3.51. The number of methoxy groups -OCH3 is 2. The quantitative estimate of drug-likeness (QED) is 0.509. The first-order valence-electron chi connectivity index (χ1n) is 10.6. The lowest BCUT2D eigenvalue weighted by Crippen LogP contribution is -2.32. The number of benzene rings is 3. The molecule has 33 heavy (non-hydrogen) atoms. The molecular formula is C26H25ClN2O4. The molecule has 0 aliphatic carbocycles. The molecule has 6 nitrogen and oxygen atoms in total. The first kappa shape index (κ1) is 22.7. The molecule has 7 heteroatoms. The lowest BCUT2D eigenvalue weighted by atomic mass is 10.0. The minimum absolute atomic E-state index is 0.0802. The van der Waals surface area contributed by atoms with E-state index in [9.17, 15) is 9.59 Å². The van der Waals surface area contributed by atoms with Crippen LogP contribution in [0, 0.1) is 6.92 Å². The van der Waals surface area contributed by atoms with Gasteiger partial charge in [0.1, 0.15) is 11.5 Å². The van der Waals surface area contributed by atoms with Gasteiger partial charge in [-0.25, -0.2) is 0 Å². The van der Waals surface area contributed by atoms with Gasteiger partial charge in [0.2, 0.25) is 5.91 Å². The number of halogens is 1. The fourth-order valence-electron chi connectivity index (χ4n) is 4.07. The fraction of sp³-hybridized carbons (Fsp3) is 0.231. The van der Waals surface area contributed by atoms with Crippen LogP contribution in [0.3, 0.4) is 0 Å². The third-order valence-electron chi connectivity index (χ3n) is 5.86. The van der Waals surface area contributed by atoms with Crippen molar-refractivity contribution in [1.29, 1.82) is 0 Å². The third kappa shape index (κ3) is 4.66. The molecule has 0 saturated heterocycles. The molecule has 0 fully saturated rings. The SMILES string of the molecule is COc1ccc(C(CC(=O)Nc2cc(C)c(Cl)cc2OC)N2Cc3ccccc3C2=O)cc1. The molecule has 1 aliphatic heterocycles. The van der Waals surface area contributed by atoms with Gasteiger partial charge in [0.15, 0.2) is 0 Å². The van der Waals surface area contributed by atoms with E-state index in [1.165, 1.54) is 7.11 Å².